The Labute approximate surface area is 78.8 Å². The molecule has 1 aromatic rings. The lowest BCUT2D eigenvalue weighted by atomic mass is 10.1. The monoisotopic (exact) mass is 200 g/mol. The molecule has 0 aliphatic carbocycles. The summed E-state index contributed by atoms with van der Waals surface area (Å²) in [6, 6.07) is 6.63. The zero-order valence-corrected chi connectivity index (χ0v) is 7.08. The molecule has 0 bridgehead atoms. The molecule has 1 aliphatic rings. The molecule has 0 radical (unpaired) electrons. The number of ether oxygens (including phenoxy) is 1. The molecule has 1 heterocycles. The Balaban J connectivity index is 2.30. The van der Waals surface area contributed by atoms with Crippen LogP contribution >= 0.6 is 0 Å². The molecule has 0 N–H and O–H groups in total. The first-order chi connectivity index (χ1) is 6.57. The lowest BCUT2D eigenvalue weighted by Gasteiger charge is -2.23. The van der Waals surface area contributed by atoms with Crippen LogP contribution in [0.3, 0.4) is 0 Å². The maximum absolute atomic E-state index is 12.3. The van der Waals surface area contributed by atoms with E-state index in [2.05, 4.69) is 0 Å². The molecule has 2 rings (SSSR count). The molecule has 4 heteroatoms. The van der Waals surface area contributed by atoms with Gasteiger partial charge in [-0.2, -0.15) is 13.2 Å². The van der Waals surface area contributed by atoms with Gasteiger partial charge in [-0.25, -0.2) is 0 Å². The summed E-state index contributed by atoms with van der Waals surface area (Å²) in [5.74, 6) is 0.275. The van der Waals surface area contributed by atoms with Crippen molar-refractivity contribution >= 4 is 6.08 Å². The molecule has 0 saturated carbocycles. The molecule has 1 unspecified atom stereocenters. The van der Waals surface area contributed by atoms with Crippen LogP contribution in [0, 0.1) is 0 Å². The van der Waals surface area contributed by atoms with E-state index in [1.165, 1.54) is 12.1 Å². The number of hydrogen-bond acceptors (Lipinski definition) is 1. The van der Waals surface area contributed by atoms with Gasteiger partial charge in [0.25, 0.3) is 0 Å². The quantitative estimate of drug-likeness (QED) is 0.625. The molecule has 74 valence electrons. The molecule has 1 aliphatic heterocycles. The van der Waals surface area contributed by atoms with Crippen LogP contribution in [-0.4, -0.2) is 12.3 Å². The number of alkyl halides is 3. The Morgan fingerprint density at radius 3 is 2.57 bits per heavy atom. The number of para-hydroxylation sites is 1. The summed E-state index contributed by atoms with van der Waals surface area (Å²) >= 11 is 0. The van der Waals surface area contributed by atoms with E-state index in [0.29, 0.717) is 5.56 Å². The summed E-state index contributed by atoms with van der Waals surface area (Å²) in [5.41, 5.74) is 0.674. The van der Waals surface area contributed by atoms with Crippen molar-refractivity contribution in [2.45, 2.75) is 12.3 Å². The fraction of sp³-hybridized carbons (Fsp3) is 0.200. The summed E-state index contributed by atoms with van der Waals surface area (Å²) < 4.78 is 41.6. The fourth-order valence-electron chi connectivity index (χ4n) is 1.27. The van der Waals surface area contributed by atoms with Gasteiger partial charge in [0.05, 0.1) is 0 Å². The van der Waals surface area contributed by atoms with Gasteiger partial charge in [-0.3, -0.25) is 0 Å². The Morgan fingerprint density at radius 1 is 1.14 bits per heavy atom. The molecular formula is C10H7F3O. The second kappa shape index (κ2) is 3.04. The molecule has 0 amide bonds. The molecule has 0 aromatic heterocycles. The first-order valence-corrected chi connectivity index (χ1v) is 4.08. The predicted octanol–water partition coefficient (Wildman–Crippen LogP) is 3.02. The van der Waals surface area contributed by atoms with Gasteiger partial charge < -0.3 is 4.74 Å². The standard InChI is InChI=1S/C10H7F3O/c11-10(12,13)9-6-5-7-3-1-2-4-8(7)14-9/h1-6,9H. The fourth-order valence-corrected chi connectivity index (χ4v) is 1.27. The van der Waals surface area contributed by atoms with E-state index in [1.54, 1.807) is 18.2 Å². The van der Waals surface area contributed by atoms with E-state index in [1.807, 2.05) is 0 Å². The second-order valence-electron chi connectivity index (χ2n) is 2.98. The van der Waals surface area contributed by atoms with Crippen LogP contribution in [0.25, 0.3) is 6.08 Å². The lowest BCUT2D eigenvalue weighted by molar-refractivity contribution is -0.180. The number of rotatable bonds is 0. The van der Waals surface area contributed by atoms with Gasteiger partial charge >= 0.3 is 6.18 Å². The van der Waals surface area contributed by atoms with Gasteiger partial charge in [-0.05, 0) is 12.1 Å². The van der Waals surface area contributed by atoms with Gasteiger partial charge in [0.1, 0.15) is 5.75 Å². The molecule has 1 atom stereocenters. The second-order valence-corrected chi connectivity index (χ2v) is 2.98. The number of fused-ring (bicyclic) bond motifs is 1. The van der Waals surface area contributed by atoms with E-state index >= 15 is 0 Å². The minimum atomic E-state index is -4.34. The van der Waals surface area contributed by atoms with Gasteiger partial charge in [-0.15, -0.1) is 0 Å². The Kier molecular flexibility index (Phi) is 1.98. The predicted molar refractivity (Wildman–Crippen MR) is 45.9 cm³/mol. The Bertz CT molecular complexity index is 368. The zero-order valence-electron chi connectivity index (χ0n) is 7.08. The number of hydrogen-bond donors (Lipinski definition) is 0. The zero-order chi connectivity index (χ0) is 10.2. The van der Waals surface area contributed by atoms with Crippen molar-refractivity contribution in [3.63, 3.8) is 0 Å². The third-order valence-corrected chi connectivity index (χ3v) is 1.95. The van der Waals surface area contributed by atoms with Crippen molar-refractivity contribution in [3.8, 4) is 5.75 Å². The Hall–Kier alpha value is -1.45. The largest absolute Gasteiger partial charge is 0.476 e. The van der Waals surface area contributed by atoms with Crippen molar-refractivity contribution in [3.05, 3.63) is 35.9 Å². The molecule has 1 aromatic carbocycles. The van der Waals surface area contributed by atoms with Crippen LogP contribution in [0.4, 0.5) is 13.2 Å². The number of halogens is 3. The maximum atomic E-state index is 12.3. The van der Waals surface area contributed by atoms with E-state index in [-0.39, 0.29) is 5.75 Å². The summed E-state index contributed by atoms with van der Waals surface area (Å²) in [7, 11) is 0. The lowest BCUT2D eigenvalue weighted by Crippen LogP contribution is -2.33. The van der Waals surface area contributed by atoms with Crippen molar-refractivity contribution in [1.82, 2.24) is 0 Å². The average molecular weight is 200 g/mol. The van der Waals surface area contributed by atoms with Crippen molar-refractivity contribution in [2.75, 3.05) is 0 Å². The average Bonchev–Trinajstić information content (AvgIpc) is 2.16. The Morgan fingerprint density at radius 2 is 1.86 bits per heavy atom. The van der Waals surface area contributed by atoms with Crippen LogP contribution in [0.2, 0.25) is 0 Å². The van der Waals surface area contributed by atoms with Crippen LogP contribution in [0.15, 0.2) is 30.3 Å². The van der Waals surface area contributed by atoms with E-state index in [9.17, 15) is 13.2 Å². The van der Waals surface area contributed by atoms with E-state index in [0.717, 1.165) is 6.08 Å². The van der Waals surface area contributed by atoms with E-state index < -0.39 is 12.3 Å². The van der Waals surface area contributed by atoms with Crippen molar-refractivity contribution < 1.29 is 17.9 Å². The highest BCUT2D eigenvalue weighted by molar-refractivity contribution is 5.59. The molecule has 0 saturated heterocycles. The summed E-state index contributed by atoms with van der Waals surface area (Å²) in [5, 5.41) is 0. The van der Waals surface area contributed by atoms with Crippen molar-refractivity contribution in [1.29, 1.82) is 0 Å². The highest BCUT2D eigenvalue weighted by atomic mass is 19.4. The third kappa shape index (κ3) is 1.60. The highest BCUT2D eigenvalue weighted by Crippen LogP contribution is 2.32. The molecule has 1 nitrogen and oxygen atoms in total. The van der Waals surface area contributed by atoms with Gasteiger partial charge in [0, 0.05) is 5.56 Å². The van der Waals surface area contributed by atoms with Gasteiger partial charge in [0.2, 0.25) is 6.10 Å². The first kappa shape index (κ1) is 9.12. The van der Waals surface area contributed by atoms with Crippen molar-refractivity contribution in [2.24, 2.45) is 0 Å². The minimum Gasteiger partial charge on any atom is -0.476 e. The highest BCUT2D eigenvalue weighted by Gasteiger charge is 2.41. The van der Waals surface area contributed by atoms with E-state index in [4.69, 9.17) is 4.74 Å². The summed E-state index contributed by atoms with van der Waals surface area (Å²) in [4.78, 5) is 0. The normalized spacial score (nSPS) is 20.1. The topological polar surface area (TPSA) is 9.23 Å². The van der Waals surface area contributed by atoms with Gasteiger partial charge in [-0.1, -0.05) is 24.3 Å². The number of benzene rings is 1. The maximum Gasteiger partial charge on any atom is 0.429 e. The van der Waals surface area contributed by atoms with Crippen LogP contribution < -0.4 is 4.74 Å². The molecular weight excluding hydrogens is 193 g/mol. The van der Waals surface area contributed by atoms with Gasteiger partial charge in [0.15, 0.2) is 0 Å². The smallest absolute Gasteiger partial charge is 0.429 e. The minimum absolute atomic E-state index is 0.275. The SMILES string of the molecule is FC(F)(F)C1C=Cc2ccccc2O1. The third-order valence-electron chi connectivity index (χ3n) is 1.95. The summed E-state index contributed by atoms with van der Waals surface area (Å²) in [6.07, 6.45) is -3.72. The van der Waals surface area contributed by atoms with Crippen LogP contribution in [0.5, 0.6) is 5.75 Å². The first-order valence-electron chi connectivity index (χ1n) is 4.08. The molecule has 0 spiro atoms. The molecule has 0 fully saturated rings. The van der Waals surface area contributed by atoms with Crippen LogP contribution in [0.1, 0.15) is 5.56 Å². The molecule has 14 heavy (non-hydrogen) atoms. The van der Waals surface area contributed by atoms with Crippen LogP contribution in [-0.2, 0) is 0 Å². The summed E-state index contributed by atoms with van der Waals surface area (Å²) in [6.45, 7) is 0.